The van der Waals surface area contributed by atoms with Gasteiger partial charge in [-0.3, -0.25) is 0 Å². The Bertz CT molecular complexity index is 375. The smallest absolute Gasteiger partial charge is 0.142 e. The highest BCUT2D eigenvalue weighted by atomic mass is 35.5. The number of aliphatic hydroxyl groups excluding tert-OH is 1. The molecule has 0 radical (unpaired) electrons. The fraction of sp³-hybridized carbons (Fsp3) is 0.500. The molecule has 102 valence electrons. The van der Waals surface area contributed by atoms with Crippen LogP contribution in [0.5, 0.6) is 5.75 Å². The lowest BCUT2D eigenvalue weighted by Gasteiger charge is -2.13. The molecule has 0 fully saturated rings. The second-order valence-corrected chi connectivity index (χ2v) is 4.46. The minimum Gasteiger partial charge on any atom is -0.489 e. The van der Waals surface area contributed by atoms with E-state index in [1.54, 1.807) is 19.2 Å². The molecule has 0 aromatic heterocycles. The maximum Gasteiger partial charge on any atom is 0.142 e. The number of benzene rings is 1. The van der Waals surface area contributed by atoms with Crippen molar-refractivity contribution in [3.8, 4) is 5.75 Å². The molecule has 2 N–H and O–H groups in total. The van der Waals surface area contributed by atoms with Crippen LogP contribution in [0.25, 0.3) is 0 Å². The van der Waals surface area contributed by atoms with Gasteiger partial charge in [-0.05, 0) is 12.1 Å². The summed E-state index contributed by atoms with van der Waals surface area (Å²) >= 11 is 12.0. The van der Waals surface area contributed by atoms with Gasteiger partial charge in [0.2, 0.25) is 0 Å². The summed E-state index contributed by atoms with van der Waals surface area (Å²) in [5.74, 6) is 0.556. The zero-order valence-corrected chi connectivity index (χ0v) is 11.7. The van der Waals surface area contributed by atoms with Crippen LogP contribution in [0.15, 0.2) is 12.1 Å². The van der Waals surface area contributed by atoms with Crippen LogP contribution < -0.4 is 10.1 Å². The molecule has 18 heavy (non-hydrogen) atoms. The molecule has 0 spiro atoms. The molecule has 1 aromatic carbocycles. The molecule has 4 nitrogen and oxygen atoms in total. The lowest BCUT2D eigenvalue weighted by atomic mass is 10.2. The molecule has 0 amide bonds. The summed E-state index contributed by atoms with van der Waals surface area (Å²) in [4.78, 5) is 0. The van der Waals surface area contributed by atoms with Gasteiger partial charge >= 0.3 is 0 Å². The summed E-state index contributed by atoms with van der Waals surface area (Å²) in [5, 5.41) is 13.0. The van der Waals surface area contributed by atoms with E-state index in [0.717, 1.165) is 12.1 Å². The van der Waals surface area contributed by atoms with E-state index in [2.05, 4.69) is 5.32 Å². The molecule has 0 bridgehead atoms. The van der Waals surface area contributed by atoms with Crippen molar-refractivity contribution in [3.05, 3.63) is 27.7 Å². The molecule has 0 unspecified atom stereocenters. The average molecular weight is 294 g/mol. The number of aliphatic hydroxyl groups is 1. The molecule has 6 heteroatoms. The van der Waals surface area contributed by atoms with Gasteiger partial charge < -0.3 is 19.9 Å². The number of nitrogens with one attached hydrogen (secondary N) is 1. The van der Waals surface area contributed by atoms with Gasteiger partial charge in [0.25, 0.3) is 0 Å². The normalized spacial score (nSPS) is 10.7. The summed E-state index contributed by atoms with van der Waals surface area (Å²) < 4.78 is 10.4. The van der Waals surface area contributed by atoms with Crippen molar-refractivity contribution < 1.29 is 14.6 Å². The van der Waals surface area contributed by atoms with Crippen molar-refractivity contribution in [2.24, 2.45) is 0 Å². The number of halogens is 2. The molecule has 1 aromatic rings. The highest BCUT2D eigenvalue weighted by molar-refractivity contribution is 6.35. The highest BCUT2D eigenvalue weighted by Gasteiger charge is 2.10. The summed E-state index contributed by atoms with van der Waals surface area (Å²) in [6, 6.07) is 3.41. The van der Waals surface area contributed by atoms with Crippen LogP contribution >= 0.6 is 23.2 Å². The van der Waals surface area contributed by atoms with Crippen molar-refractivity contribution in [2.45, 2.75) is 6.54 Å². The third-order valence-corrected chi connectivity index (χ3v) is 2.72. The Balaban J connectivity index is 2.72. The van der Waals surface area contributed by atoms with E-state index in [9.17, 15) is 0 Å². The van der Waals surface area contributed by atoms with Gasteiger partial charge in [0, 0.05) is 30.8 Å². The zero-order chi connectivity index (χ0) is 13.4. The number of hydrogen-bond donors (Lipinski definition) is 2. The number of ether oxygens (including phenoxy) is 2. The third kappa shape index (κ3) is 5.00. The van der Waals surface area contributed by atoms with E-state index in [-0.39, 0.29) is 13.2 Å². The SMILES string of the molecule is COCCNCc1cc(Cl)cc(Cl)c1OCCO. The number of methoxy groups -OCH3 is 1. The summed E-state index contributed by atoms with van der Waals surface area (Å²) in [7, 11) is 1.65. The molecular formula is C12H17Cl2NO3. The van der Waals surface area contributed by atoms with E-state index in [0.29, 0.717) is 28.9 Å². The fourth-order valence-electron chi connectivity index (χ4n) is 1.45. The standard InChI is InChI=1S/C12H17Cl2NO3/c1-17-4-2-15-8-9-6-10(13)7-11(14)12(9)18-5-3-16/h6-7,15-16H,2-5,8H2,1H3. The molecule has 0 saturated heterocycles. The van der Waals surface area contributed by atoms with Gasteiger partial charge in [0.1, 0.15) is 12.4 Å². The van der Waals surface area contributed by atoms with Crippen molar-refractivity contribution >= 4 is 23.2 Å². The summed E-state index contributed by atoms with van der Waals surface area (Å²) in [5.41, 5.74) is 0.858. The predicted octanol–water partition coefficient (Wildman–Crippen LogP) is 2.10. The highest BCUT2D eigenvalue weighted by Crippen LogP contribution is 2.32. The molecular weight excluding hydrogens is 277 g/mol. The van der Waals surface area contributed by atoms with Crippen molar-refractivity contribution in [1.82, 2.24) is 5.32 Å². The topological polar surface area (TPSA) is 50.7 Å². The Kier molecular flexibility index (Phi) is 7.39. The van der Waals surface area contributed by atoms with Gasteiger partial charge in [-0.1, -0.05) is 23.2 Å². The first-order chi connectivity index (χ1) is 8.69. The maximum atomic E-state index is 8.78. The van der Waals surface area contributed by atoms with Crippen LogP contribution in [-0.4, -0.2) is 38.6 Å². The Morgan fingerprint density at radius 2 is 2.06 bits per heavy atom. The molecule has 0 aliphatic rings. The number of rotatable bonds is 8. The van der Waals surface area contributed by atoms with E-state index in [4.69, 9.17) is 37.8 Å². The van der Waals surface area contributed by atoms with Crippen LogP contribution in [0.3, 0.4) is 0 Å². The lowest BCUT2D eigenvalue weighted by molar-refractivity contribution is 0.196. The van der Waals surface area contributed by atoms with E-state index < -0.39 is 0 Å². The van der Waals surface area contributed by atoms with Gasteiger partial charge in [-0.15, -0.1) is 0 Å². The summed E-state index contributed by atoms with van der Waals surface area (Å²) in [6.07, 6.45) is 0. The van der Waals surface area contributed by atoms with Gasteiger partial charge in [-0.2, -0.15) is 0 Å². The second-order valence-electron chi connectivity index (χ2n) is 3.62. The van der Waals surface area contributed by atoms with Crippen LogP contribution in [0.1, 0.15) is 5.56 Å². The first kappa shape index (κ1) is 15.5. The monoisotopic (exact) mass is 293 g/mol. The first-order valence-electron chi connectivity index (χ1n) is 5.60. The van der Waals surface area contributed by atoms with Crippen molar-refractivity contribution in [1.29, 1.82) is 0 Å². The Hall–Kier alpha value is -0.520. The predicted molar refractivity (Wildman–Crippen MR) is 72.6 cm³/mol. The minimum absolute atomic E-state index is 0.0600. The van der Waals surface area contributed by atoms with Crippen LogP contribution in [-0.2, 0) is 11.3 Å². The van der Waals surface area contributed by atoms with E-state index in [1.807, 2.05) is 0 Å². The molecule has 0 heterocycles. The Morgan fingerprint density at radius 3 is 2.72 bits per heavy atom. The second kappa shape index (κ2) is 8.56. The van der Waals surface area contributed by atoms with E-state index >= 15 is 0 Å². The maximum absolute atomic E-state index is 8.78. The first-order valence-corrected chi connectivity index (χ1v) is 6.36. The van der Waals surface area contributed by atoms with Crippen LogP contribution in [0.4, 0.5) is 0 Å². The molecule has 0 aliphatic heterocycles. The minimum atomic E-state index is -0.0600. The fourth-order valence-corrected chi connectivity index (χ4v) is 2.04. The largest absolute Gasteiger partial charge is 0.489 e. The van der Waals surface area contributed by atoms with Gasteiger partial charge in [-0.25, -0.2) is 0 Å². The van der Waals surface area contributed by atoms with Crippen molar-refractivity contribution in [2.75, 3.05) is 33.5 Å². The quantitative estimate of drug-likeness (QED) is 0.721. The van der Waals surface area contributed by atoms with Crippen LogP contribution in [0, 0.1) is 0 Å². The lowest BCUT2D eigenvalue weighted by Crippen LogP contribution is -2.19. The van der Waals surface area contributed by atoms with Crippen molar-refractivity contribution in [3.63, 3.8) is 0 Å². The molecule has 1 rings (SSSR count). The zero-order valence-electron chi connectivity index (χ0n) is 10.2. The third-order valence-electron chi connectivity index (χ3n) is 2.22. The molecule has 0 atom stereocenters. The van der Waals surface area contributed by atoms with E-state index in [1.165, 1.54) is 0 Å². The summed E-state index contributed by atoms with van der Waals surface area (Å²) in [6.45, 7) is 2.06. The molecule has 0 saturated carbocycles. The Morgan fingerprint density at radius 1 is 1.28 bits per heavy atom. The van der Waals surface area contributed by atoms with Crippen LogP contribution in [0.2, 0.25) is 10.0 Å². The number of hydrogen-bond acceptors (Lipinski definition) is 4. The van der Waals surface area contributed by atoms with Gasteiger partial charge in [0.05, 0.1) is 18.2 Å². The Labute approximate surface area is 117 Å². The average Bonchev–Trinajstić information content (AvgIpc) is 2.33. The van der Waals surface area contributed by atoms with Gasteiger partial charge in [0.15, 0.2) is 0 Å². The molecule has 0 aliphatic carbocycles.